The number of carbonyl (C=O) groups is 1. The van der Waals surface area contributed by atoms with Gasteiger partial charge in [-0.05, 0) is 12.1 Å². The number of hydrogen-bond acceptors (Lipinski definition) is 4. The predicted molar refractivity (Wildman–Crippen MR) is 49.1 cm³/mol. The molecule has 76 valence electrons. The van der Waals surface area contributed by atoms with E-state index in [0.29, 0.717) is 4.79 Å². The molecule has 2 rings (SSSR count). The maximum absolute atomic E-state index is 10.8. The lowest BCUT2D eigenvalue weighted by atomic mass is 10.2. The zero-order chi connectivity index (χ0) is 11.0. The monoisotopic (exact) mass is 207 g/mol. The first-order valence-electron chi connectivity index (χ1n) is 3.97. The van der Waals surface area contributed by atoms with Gasteiger partial charge in [0.25, 0.3) is 5.69 Å². The predicted octanol–water partition coefficient (Wildman–Crippen LogP) is 0.774. The van der Waals surface area contributed by atoms with Gasteiger partial charge in [0.1, 0.15) is 5.52 Å². The highest BCUT2D eigenvalue weighted by molar-refractivity contribution is 6.00. The molecule has 0 spiro atoms. The third-order valence-corrected chi connectivity index (χ3v) is 1.93. The van der Waals surface area contributed by atoms with Crippen molar-refractivity contribution >= 4 is 16.9 Å². The van der Waals surface area contributed by atoms with Gasteiger partial charge in [-0.3, -0.25) is 0 Å². The summed E-state index contributed by atoms with van der Waals surface area (Å²) in [6.07, 6.45) is 0. The van der Waals surface area contributed by atoms with Crippen molar-refractivity contribution in [3.8, 4) is 0 Å². The smallest absolute Gasteiger partial charge is 0.383 e. The van der Waals surface area contributed by atoms with Crippen LogP contribution in [0, 0.1) is 10.1 Å². The van der Waals surface area contributed by atoms with Gasteiger partial charge in [-0.2, -0.15) is 0 Å². The standard InChI is InChI=1S/C8H5N3O4/c12-8(13)7-5-3-1-2-4-6(5)10(9-7)11(14)15/h1-4H,(H,12,13). The summed E-state index contributed by atoms with van der Waals surface area (Å²) in [4.78, 5) is 21.8. The zero-order valence-corrected chi connectivity index (χ0v) is 7.32. The molecule has 2 aromatic rings. The number of rotatable bonds is 2. The number of nitro groups is 1. The van der Waals surface area contributed by atoms with E-state index in [0.717, 1.165) is 0 Å². The van der Waals surface area contributed by atoms with Crippen molar-refractivity contribution in [3.05, 3.63) is 40.1 Å². The van der Waals surface area contributed by atoms with E-state index in [1.807, 2.05) is 0 Å². The highest BCUT2D eigenvalue weighted by atomic mass is 16.7. The van der Waals surface area contributed by atoms with E-state index in [9.17, 15) is 14.9 Å². The fraction of sp³-hybridized carbons (Fsp3) is 0. The number of fused-ring (bicyclic) bond motifs is 1. The summed E-state index contributed by atoms with van der Waals surface area (Å²) in [5.74, 6) is -1.29. The van der Waals surface area contributed by atoms with Crippen LogP contribution in [-0.4, -0.2) is 26.0 Å². The van der Waals surface area contributed by atoms with E-state index in [-0.39, 0.29) is 16.6 Å². The number of carboxylic acids is 1. The zero-order valence-electron chi connectivity index (χ0n) is 7.32. The molecule has 0 aliphatic carbocycles. The molecule has 0 radical (unpaired) electrons. The molecule has 0 unspecified atom stereocenters. The van der Waals surface area contributed by atoms with Gasteiger partial charge in [-0.25, -0.2) is 4.79 Å². The molecule has 0 bridgehead atoms. The Morgan fingerprint density at radius 3 is 2.73 bits per heavy atom. The molecule has 0 amide bonds. The lowest BCUT2D eigenvalue weighted by Gasteiger charge is -1.91. The van der Waals surface area contributed by atoms with Crippen LogP contribution in [0.2, 0.25) is 0 Å². The minimum atomic E-state index is -1.29. The molecule has 1 heterocycles. The highest BCUT2D eigenvalue weighted by Gasteiger charge is 2.24. The first kappa shape index (κ1) is 9.13. The van der Waals surface area contributed by atoms with Crippen LogP contribution in [-0.2, 0) is 0 Å². The molecule has 0 saturated heterocycles. The Hall–Kier alpha value is -2.44. The van der Waals surface area contributed by atoms with Crippen LogP contribution in [0.1, 0.15) is 10.5 Å². The number of para-hydroxylation sites is 1. The number of carboxylic acid groups (broad SMARTS) is 1. The lowest BCUT2D eigenvalue weighted by molar-refractivity contribution is -0.548. The molecule has 0 fully saturated rings. The molecule has 7 nitrogen and oxygen atoms in total. The Balaban J connectivity index is 2.85. The van der Waals surface area contributed by atoms with Crippen LogP contribution >= 0.6 is 0 Å². The number of benzene rings is 1. The van der Waals surface area contributed by atoms with Gasteiger partial charge >= 0.3 is 5.97 Å². The number of aromatic nitrogens is 2. The molecule has 7 heteroatoms. The largest absolute Gasteiger partial charge is 0.475 e. The minimum Gasteiger partial charge on any atom is -0.475 e. The van der Waals surface area contributed by atoms with Crippen LogP contribution in [0.3, 0.4) is 0 Å². The second kappa shape index (κ2) is 3.05. The van der Waals surface area contributed by atoms with E-state index in [1.54, 1.807) is 12.1 Å². The van der Waals surface area contributed by atoms with Crippen molar-refractivity contribution in [2.45, 2.75) is 0 Å². The molecule has 0 saturated carbocycles. The van der Waals surface area contributed by atoms with Gasteiger partial charge in [-0.15, -0.1) is 0 Å². The number of aromatic carboxylic acids is 1. The Labute approximate surface area is 82.7 Å². The second-order valence-electron chi connectivity index (χ2n) is 2.80. The topological polar surface area (TPSA) is 98.3 Å². The molecular formula is C8H5N3O4. The van der Waals surface area contributed by atoms with Crippen molar-refractivity contribution in [1.29, 1.82) is 0 Å². The van der Waals surface area contributed by atoms with Gasteiger partial charge in [0.15, 0.2) is 0 Å². The third-order valence-electron chi connectivity index (χ3n) is 1.93. The molecule has 1 aromatic carbocycles. The van der Waals surface area contributed by atoms with Gasteiger partial charge < -0.3 is 15.2 Å². The van der Waals surface area contributed by atoms with Crippen molar-refractivity contribution in [2.24, 2.45) is 0 Å². The number of hydrogen-bond donors (Lipinski definition) is 1. The quantitative estimate of drug-likeness (QED) is 0.579. The molecule has 15 heavy (non-hydrogen) atoms. The van der Waals surface area contributed by atoms with Crippen LogP contribution < -0.4 is 0 Å². The van der Waals surface area contributed by atoms with Crippen LogP contribution in [0.4, 0.5) is 0 Å². The number of nitrogens with zero attached hydrogens (tertiary/aromatic N) is 3. The summed E-state index contributed by atoms with van der Waals surface area (Å²) in [5, 5.41) is 22.2. The summed E-state index contributed by atoms with van der Waals surface area (Å²) >= 11 is 0. The van der Waals surface area contributed by atoms with E-state index in [1.165, 1.54) is 12.1 Å². The van der Waals surface area contributed by atoms with Crippen molar-refractivity contribution in [1.82, 2.24) is 9.89 Å². The maximum atomic E-state index is 10.8. The van der Waals surface area contributed by atoms with Gasteiger partial charge in [0.2, 0.25) is 0 Å². The van der Waals surface area contributed by atoms with E-state index in [2.05, 4.69) is 5.10 Å². The summed E-state index contributed by atoms with van der Waals surface area (Å²) < 4.78 is 0. The SMILES string of the molecule is O=C(O)c1nn([N+](=O)[O-])c2ccccc12. The summed E-state index contributed by atoms with van der Waals surface area (Å²) in [5.41, 5.74) is -0.151. The van der Waals surface area contributed by atoms with Gasteiger partial charge in [-0.1, -0.05) is 12.1 Å². The van der Waals surface area contributed by atoms with Crippen molar-refractivity contribution in [3.63, 3.8) is 0 Å². The Bertz CT molecular complexity index is 512. The van der Waals surface area contributed by atoms with E-state index >= 15 is 0 Å². The second-order valence-corrected chi connectivity index (χ2v) is 2.80. The van der Waals surface area contributed by atoms with E-state index < -0.39 is 11.0 Å². The van der Waals surface area contributed by atoms with Gasteiger partial charge in [0, 0.05) is 4.79 Å². The fourth-order valence-electron chi connectivity index (χ4n) is 1.33. The van der Waals surface area contributed by atoms with Gasteiger partial charge in [0.05, 0.1) is 15.5 Å². The third kappa shape index (κ3) is 1.30. The lowest BCUT2D eigenvalue weighted by Crippen LogP contribution is -2.11. The first-order chi connectivity index (χ1) is 7.11. The first-order valence-corrected chi connectivity index (χ1v) is 3.97. The summed E-state index contributed by atoms with van der Waals surface area (Å²) in [7, 11) is 0. The molecule has 0 atom stereocenters. The Morgan fingerprint density at radius 1 is 1.47 bits per heavy atom. The average Bonchev–Trinajstić information content (AvgIpc) is 2.56. The Kier molecular flexibility index (Phi) is 1.86. The van der Waals surface area contributed by atoms with Crippen LogP contribution in [0.25, 0.3) is 10.9 Å². The summed E-state index contributed by atoms with van der Waals surface area (Å²) in [6, 6.07) is 6.10. The van der Waals surface area contributed by atoms with Crippen LogP contribution in [0.15, 0.2) is 24.3 Å². The molecule has 0 aliphatic rings. The molecular weight excluding hydrogens is 202 g/mol. The molecule has 1 aromatic heterocycles. The van der Waals surface area contributed by atoms with Crippen LogP contribution in [0.5, 0.6) is 0 Å². The van der Waals surface area contributed by atoms with E-state index in [4.69, 9.17) is 5.11 Å². The average molecular weight is 207 g/mol. The van der Waals surface area contributed by atoms with Crippen molar-refractivity contribution < 1.29 is 14.9 Å². The normalized spacial score (nSPS) is 10.4. The minimum absolute atomic E-state index is 0.167. The Morgan fingerprint density at radius 2 is 2.13 bits per heavy atom. The molecule has 0 aliphatic heterocycles. The maximum Gasteiger partial charge on any atom is 0.383 e. The summed E-state index contributed by atoms with van der Waals surface area (Å²) in [6.45, 7) is 0. The van der Waals surface area contributed by atoms with Crippen molar-refractivity contribution in [2.75, 3.05) is 0 Å². The fourth-order valence-corrected chi connectivity index (χ4v) is 1.33. The highest BCUT2D eigenvalue weighted by Crippen LogP contribution is 2.17. The molecule has 1 N–H and O–H groups in total.